The van der Waals surface area contributed by atoms with Gasteiger partial charge in [-0.2, -0.15) is 0 Å². The zero-order chi connectivity index (χ0) is 15.4. The number of aromatic amines is 1. The van der Waals surface area contributed by atoms with Gasteiger partial charge in [-0.1, -0.05) is 5.11 Å². The Bertz CT molecular complexity index is 662. The monoisotopic (exact) mass is 297 g/mol. The lowest BCUT2D eigenvalue weighted by molar-refractivity contribution is -0.0273. The zero-order valence-corrected chi connectivity index (χ0v) is 11.3. The number of azide groups is 1. The van der Waals surface area contributed by atoms with Crippen LogP contribution in [-0.4, -0.2) is 40.0 Å². The van der Waals surface area contributed by atoms with Crippen LogP contribution in [0, 0.1) is 0 Å². The van der Waals surface area contributed by atoms with Crippen LogP contribution in [0.4, 0.5) is 0 Å². The third-order valence-corrected chi connectivity index (χ3v) is 3.13. The lowest BCUT2D eigenvalue weighted by Gasteiger charge is -2.15. The Hall–Kier alpha value is -2.29. The largest absolute Gasteiger partial charge is 0.487 e. The lowest BCUT2D eigenvalue weighted by atomic mass is 10.1. The van der Waals surface area contributed by atoms with Crippen LogP contribution in [-0.2, 0) is 4.74 Å². The third kappa shape index (κ3) is 3.07. The van der Waals surface area contributed by atoms with Crippen LogP contribution in [0.2, 0.25) is 0 Å². The van der Waals surface area contributed by atoms with Gasteiger partial charge in [0.2, 0.25) is 5.75 Å². The van der Waals surface area contributed by atoms with E-state index >= 15 is 0 Å². The molecule has 10 heteroatoms. The summed E-state index contributed by atoms with van der Waals surface area (Å²) < 4.78 is 11.8. The Morgan fingerprint density at radius 1 is 1.67 bits per heavy atom. The average molecular weight is 297 g/mol. The summed E-state index contributed by atoms with van der Waals surface area (Å²) in [6.07, 6.45) is 0.0242. The molecule has 0 radical (unpaired) electrons. The molecule has 1 aromatic rings. The molecule has 21 heavy (non-hydrogen) atoms. The number of hydrogen-bond acceptors (Lipinski definition) is 6. The molecule has 0 aromatic carbocycles. The third-order valence-electron chi connectivity index (χ3n) is 3.13. The summed E-state index contributed by atoms with van der Waals surface area (Å²) >= 11 is 0. The molecule has 2 heterocycles. The van der Waals surface area contributed by atoms with Crippen molar-refractivity contribution in [3.05, 3.63) is 37.5 Å². The maximum absolute atomic E-state index is 11.8. The highest BCUT2D eigenvalue weighted by Crippen LogP contribution is 2.30. The van der Waals surface area contributed by atoms with E-state index in [0.29, 0.717) is 0 Å². The van der Waals surface area contributed by atoms with Crippen molar-refractivity contribution in [2.75, 3.05) is 13.2 Å². The molecule has 0 saturated carbocycles. The zero-order valence-electron chi connectivity index (χ0n) is 11.3. The van der Waals surface area contributed by atoms with E-state index in [2.05, 4.69) is 15.0 Å². The van der Waals surface area contributed by atoms with Crippen LogP contribution >= 0.6 is 0 Å². The Labute approximate surface area is 118 Å². The quantitative estimate of drug-likeness (QED) is 0.443. The van der Waals surface area contributed by atoms with Gasteiger partial charge in [-0.15, -0.1) is 0 Å². The fourth-order valence-electron chi connectivity index (χ4n) is 2.18. The van der Waals surface area contributed by atoms with Gasteiger partial charge < -0.3 is 14.6 Å². The molecule has 1 aliphatic rings. The highest BCUT2D eigenvalue weighted by atomic mass is 16.5. The predicted molar refractivity (Wildman–Crippen MR) is 71.0 cm³/mol. The minimum Gasteiger partial charge on any atom is -0.487 e. The van der Waals surface area contributed by atoms with E-state index in [1.54, 1.807) is 6.92 Å². The van der Waals surface area contributed by atoms with E-state index in [0.717, 1.165) is 4.57 Å². The predicted octanol–water partition coefficient (Wildman–Crippen LogP) is -0.106. The summed E-state index contributed by atoms with van der Waals surface area (Å²) in [7, 11) is 0. The van der Waals surface area contributed by atoms with Gasteiger partial charge >= 0.3 is 5.69 Å². The molecule has 2 rings (SSSR count). The maximum Gasteiger partial charge on any atom is 0.330 e. The number of hydrogen-bond donors (Lipinski definition) is 2. The average Bonchev–Trinajstić information content (AvgIpc) is 2.85. The molecule has 0 spiro atoms. The molecule has 1 saturated heterocycles. The summed E-state index contributed by atoms with van der Waals surface area (Å²) in [6, 6.07) is -0.584. The summed E-state index contributed by atoms with van der Waals surface area (Å²) in [5.41, 5.74) is 7.20. The number of ether oxygens (including phenoxy) is 2. The first-order chi connectivity index (χ1) is 10.1. The summed E-state index contributed by atoms with van der Waals surface area (Å²) in [6.45, 7) is 1.64. The second kappa shape index (κ2) is 6.44. The van der Waals surface area contributed by atoms with Gasteiger partial charge in [-0.05, 0) is 12.5 Å². The van der Waals surface area contributed by atoms with Crippen molar-refractivity contribution in [2.24, 2.45) is 5.11 Å². The fraction of sp³-hybridized carbons (Fsp3) is 0.636. The SMILES string of the molecule is CCOc1cn([C@H]2CC(N=[N+]=[N-])[C@@H](CO)O2)c(=O)[nH]c1=O. The molecule has 10 nitrogen and oxygen atoms in total. The molecular formula is C11H15N5O5. The lowest BCUT2D eigenvalue weighted by Crippen LogP contribution is -2.33. The van der Waals surface area contributed by atoms with E-state index in [1.165, 1.54) is 6.20 Å². The highest BCUT2D eigenvalue weighted by Gasteiger charge is 2.35. The first kappa shape index (κ1) is 15.1. The number of nitrogens with one attached hydrogen (secondary N) is 1. The van der Waals surface area contributed by atoms with Crippen molar-refractivity contribution >= 4 is 0 Å². The minimum absolute atomic E-state index is 0.00603. The van der Waals surface area contributed by atoms with Crippen molar-refractivity contribution in [2.45, 2.75) is 31.7 Å². The molecule has 1 aliphatic heterocycles. The number of aliphatic hydroxyl groups excluding tert-OH is 1. The normalized spacial score (nSPS) is 24.6. The topological polar surface area (TPSA) is 142 Å². The number of rotatable bonds is 5. The molecule has 1 aromatic heterocycles. The van der Waals surface area contributed by atoms with Crippen LogP contribution in [0.15, 0.2) is 20.9 Å². The first-order valence-corrected chi connectivity index (χ1v) is 6.39. The number of nitrogens with zero attached hydrogens (tertiary/aromatic N) is 4. The van der Waals surface area contributed by atoms with Crippen molar-refractivity contribution in [3.8, 4) is 5.75 Å². The van der Waals surface area contributed by atoms with E-state index in [4.69, 9.17) is 15.0 Å². The molecular weight excluding hydrogens is 282 g/mol. The van der Waals surface area contributed by atoms with Gasteiger partial charge in [-0.25, -0.2) is 4.79 Å². The molecule has 2 N–H and O–H groups in total. The minimum atomic E-state index is -0.749. The molecule has 0 amide bonds. The van der Waals surface area contributed by atoms with Crippen LogP contribution in [0.3, 0.4) is 0 Å². The van der Waals surface area contributed by atoms with Gasteiger partial charge in [0.25, 0.3) is 5.56 Å². The number of H-pyrrole nitrogens is 1. The Balaban J connectivity index is 2.34. The molecule has 3 atom stereocenters. The molecule has 0 bridgehead atoms. The van der Waals surface area contributed by atoms with E-state index < -0.39 is 29.6 Å². The van der Waals surface area contributed by atoms with Crippen molar-refractivity contribution in [1.29, 1.82) is 0 Å². The molecule has 114 valence electrons. The standard InChI is InChI=1S/C11H15N5O5/c1-2-20-7-4-16(11(19)13-10(7)18)9-3-6(14-15-12)8(5-17)21-9/h4,6,8-9,17H,2-3,5H2,1H3,(H,13,18,19)/t6?,8-,9-/m1/s1. The Morgan fingerprint density at radius 3 is 3.05 bits per heavy atom. The molecule has 0 aliphatic carbocycles. The number of aromatic nitrogens is 2. The van der Waals surface area contributed by atoms with Crippen LogP contribution < -0.4 is 16.0 Å². The van der Waals surface area contributed by atoms with Crippen LogP contribution in [0.5, 0.6) is 5.75 Å². The van der Waals surface area contributed by atoms with Gasteiger partial charge in [0.1, 0.15) is 6.23 Å². The fourth-order valence-corrected chi connectivity index (χ4v) is 2.18. The Morgan fingerprint density at radius 2 is 2.43 bits per heavy atom. The second-order valence-electron chi connectivity index (χ2n) is 4.41. The van der Waals surface area contributed by atoms with E-state index in [9.17, 15) is 14.7 Å². The number of aliphatic hydroxyl groups is 1. The Kier molecular flexibility index (Phi) is 4.63. The summed E-state index contributed by atoms with van der Waals surface area (Å²) in [5, 5.41) is 12.7. The van der Waals surface area contributed by atoms with Gasteiger partial charge in [0, 0.05) is 11.3 Å². The summed E-state index contributed by atoms with van der Waals surface area (Å²) in [4.78, 5) is 28.2. The van der Waals surface area contributed by atoms with Gasteiger partial charge in [-0.3, -0.25) is 14.3 Å². The van der Waals surface area contributed by atoms with E-state index in [-0.39, 0.29) is 25.4 Å². The van der Waals surface area contributed by atoms with Gasteiger partial charge in [0.15, 0.2) is 0 Å². The first-order valence-electron chi connectivity index (χ1n) is 6.39. The van der Waals surface area contributed by atoms with Gasteiger partial charge in [0.05, 0.1) is 31.6 Å². The smallest absolute Gasteiger partial charge is 0.330 e. The van der Waals surface area contributed by atoms with Crippen LogP contribution in [0.25, 0.3) is 10.4 Å². The molecule has 1 fully saturated rings. The maximum atomic E-state index is 11.8. The van der Waals surface area contributed by atoms with Crippen molar-refractivity contribution in [3.63, 3.8) is 0 Å². The van der Waals surface area contributed by atoms with Crippen molar-refractivity contribution < 1.29 is 14.6 Å². The molecule has 1 unspecified atom stereocenters. The van der Waals surface area contributed by atoms with Crippen LogP contribution in [0.1, 0.15) is 19.6 Å². The second-order valence-corrected chi connectivity index (χ2v) is 4.41. The highest BCUT2D eigenvalue weighted by molar-refractivity contribution is 5.12. The van der Waals surface area contributed by atoms with Crippen molar-refractivity contribution in [1.82, 2.24) is 9.55 Å². The van der Waals surface area contributed by atoms with E-state index in [1.807, 2.05) is 0 Å². The summed E-state index contributed by atoms with van der Waals surface area (Å²) in [5.74, 6) is -0.00603.